The fourth-order valence-corrected chi connectivity index (χ4v) is 3.65. The van der Waals surface area contributed by atoms with Crippen LogP contribution in [0.1, 0.15) is 71.6 Å². The van der Waals surface area contributed by atoms with Gasteiger partial charge in [0.2, 0.25) is 0 Å². The first-order valence-corrected chi connectivity index (χ1v) is 8.36. The molecular formula is C16H32N2. The zero-order valence-electron chi connectivity index (χ0n) is 12.5. The van der Waals surface area contributed by atoms with Crippen molar-refractivity contribution >= 4 is 0 Å². The number of nitrogens with one attached hydrogen (secondary N) is 1. The van der Waals surface area contributed by atoms with Crippen molar-refractivity contribution in [2.24, 2.45) is 0 Å². The van der Waals surface area contributed by atoms with Gasteiger partial charge in [0.25, 0.3) is 0 Å². The van der Waals surface area contributed by atoms with Crippen LogP contribution in [0.5, 0.6) is 0 Å². The predicted molar refractivity (Wildman–Crippen MR) is 79.0 cm³/mol. The van der Waals surface area contributed by atoms with Gasteiger partial charge in [0.05, 0.1) is 0 Å². The van der Waals surface area contributed by atoms with Crippen molar-refractivity contribution < 1.29 is 0 Å². The van der Waals surface area contributed by atoms with E-state index in [1.165, 1.54) is 64.3 Å². The maximum Gasteiger partial charge on any atom is 0.0252 e. The van der Waals surface area contributed by atoms with Crippen LogP contribution < -0.4 is 5.32 Å². The summed E-state index contributed by atoms with van der Waals surface area (Å²) in [5.74, 6) is 0. The van der Waals surface area contributed by atoms with Gasteiger partial charge >= 0.3 is 0 Å². The first-order chi connectivity index (χ1) is 8.86. The van der Waals surface area contributed by atoms with Crippen molar-refractivity contribution in [1.82, 2.24) is 10.2 Å². The van der Waals surface area contributed by atoms with Gasteiger partial charge in [-0.25, -0.2) is 0 Å². The molecule has 2 heteroatoms. The molecule has 2 saturated carbocycles. The second-order valence-corrected chi connectivity index (χ2v) is 6.19. The Kier molecular flexibility index (Phi) is 5.97. The number of rotatable bonds is 6. The third-order valence-electron chi connectivity index (χ3n) is 4.62. The summed E-state index contributed by atoms with van der Waals surface area (Å²) >= 11 is 0. The van der Waals surface area contributed by atoms with Gasteiger partial charge in [-0.3, -0.25) is 4.90 Å². The van der Waals surface area contributed by atoms with E-state index in [0.29, 0.717) is 0 Å². The van der Waals surface area contributed by atoms with Gasteiger partial charge in [-0.05, 0) is 45.2 Å². The maximum atomic E-state index is 3.78. The van der Waals surface area contributed by atoms with Crippen LogP contribution in [0, 0.1) is 0 Å². The largest absolute Gasteiger partial charge is 0.313 e. The predicted octanol–water partition coefficient (Wildman–Crippen LogP) is 3.56. The van der Waals surface area contributed by atoms with Gasteiger partial charge in [0, 0.05) is 18.1 Å². The second-order valence-electron chi connectivity index (χ2n) is 6.19. The topological polar surface area (TPSA) is 15.3 Å². The monoisotopic (exact) mass is 252 g/mol. The molecule has 0 saturated heterocycles. The van der Waals surface area contributed by atoms with E-state index in [4.69, 9.17) is 0 Å². The van der Waals surface area contributed by atoms with Crippen LogP contribution in [0.25, 0.3) is 0 Å². The van der Waals surface area contributed by atoms with Crippen molar-refractivity contribution in [3.63, 3.8) is 0 Å². The molecule has 0 radical (unpaired) electrons. The van der Waals surface area contributed by atoms with Crippen LogP contribution in [0.3, 0.4) is 0 Å². The molecule has 0 aromatic carbocycles. The van der Waals surface area contributed by atoms with Gasteiger partial charge in [0.1, 0.15) is 0 Å². The summed E-state index contributed by atoms with van der Waals surface area (Å²) in [7, 11) is 0. The van der Waals surface area contributed by atoms with Crippen molar-refractivity contribution in [3.05, 3.63) is 0 Å². The molecular weight excluding hydrogens is 220 g/mol. The second kappa shape index (κ2) is 7.49. The first-order valence-electron chi connectivity index (χ1n) is 8.36. The lowest BCUT2D eigenvalue weighted by atomic mass is 9.90. The fourth-order valence-electron chi connectivity index (χ4n) is 3.65. The van der Waals surface area contributed by atoms with Crippen molar-refractivity contribution in [3.8, 4) is 0 Å². The Balaban J connectivity index is 2.00. The van der Waals surface area contributed by atoms with Crippen LogP contribution in [0.2, 0.25) is 0 Å². The maximum absolute atomic E-state index is 3.78. The Morgan fingerprint density at radius 1 is 0.944 bits per heavy atom. The summed E-state index contributed by atoms with van der Waals surface area (Å²) in [6.07, 6.45) is 12.8. The van der Waals surface area contributed by atoms with E-state index >= 15 is 0 Å². The number of hydrogen-bond acceptors (Lipinski definition) is 2. The molecule has 0 amide bonds. The van der Waals surface area contributed by atoms with Crippen LogP contribution in [-0.4, -0.2) is 36.1 Å². The SMILES string of the molecule is CCCN(C1CC1)C1CCCCCCC1NCC. The van der Waals surface area contributed by atoms with Crippen LogP contribution >= 0.6 is 0 Å². The Labute approximate surface area is 114 Å². The summed E-state index contributed by atoms with van der Waals surface area (Å²) in [6.45, 7) is 7.04. The van der Waals surface area contributed by atoms with E-state index in [9.17, 15) is 0 Å². The molecule has 0 aromatic heterocycles. The third-order valence-corrected chi connectivity index (χ3v) is 4.62. The minimum Gasteiger partial charge on any atom is -0.313 e. The Morgan fingerprint density at radius 2 is 1.67 bits per heavy atom. The minimum atomic E-state index is 0.752. The highest BCUT2D eigenvalue weighted by Gasteiger charge is 2.36. The molecule has 2 atom stereocenters. The molecule has 0 bridgehead atoms. The summed E-state index contributed by atoms with van der Waals surface area (Å²) in [6, 6.07) is 2.50. The average molecular weight is 252 g/mol. The van der Waals surface area contributed by atoms with Crippen molar-refractivity contribution in [2.45, 2.75) is 89.8 Å². The number of likely N-dealkylation sites (N-methyl/N-ethyl adjacent to an activating group) is 1. The van der Waals surface area contributed by atoms with E-state index in [-0.39, 0.29) is 0 Å². The molecule has 2 rings (SSSR count). The lowest BCUT2D eigenvalue weighted by Gasteiger charge is -2.39. The van der Waals surface area contributed by atoms with Gasteiger partial charge < -0.3 is 5.32 Å². The molecule has 0 heterocycles. The molecule has 106 valence electrons. The Hall–Kier alpha value is -0.0800. The van der Waals surface area contributed by atoms with E-state index < -0.39 is 0 Å². The Morgan fingerprint density at radius 3 is 2.28 bits per heavy atom. The zero-order chi connectivity index (χ0) is 12.8. The molecule has 2 aliphatic carbocycles. The standard InChI is InChI=1S/C16H32N2/c1-3-13-18(14-11-12-14)16-10-8-6-5-7-9-15(16)17-4-2/h14-17H,3-13H2,1-2H3. The highest BCUT2D eigenvalue weighted by Crippen LogP contribution is 2.33. The third kappa shape index (κ3) is 3.96. The normalized spacial score (nSPS) is 30.2. The Bertz CT molecular complexity index is 225. The molecule has 2 nitrogen and oxygen atoms in total. The highest BCUT2D eigenvalue weighted by molar-refractivity contribution is 4.94. The lowest BCUT2D eigenvalue weighted by Crippen LogP contribution is -2.51. The average Bonchev–Trinajstić information content (AvgIpc) is 3.15. The minimum absolute atomic E-state index is 0.752. The molecule has 0 aromatic rings. The van der Waals surface area contributed by atoms with E-state index in [0.717, 1.165) is 24.7 Å². The zero-order valence-corrected chi connectivity index (χ0v) is 12.5. The van der Waals surface area contributed by atoms with Crippen molar-refractivity contribution in [1.29, 1.82) is 0 Å². The summed E-state index contributed by atoms with van der Waals surface area (Å²) < 4.78 is 0. The van der Waals surface area contributed by atoms with Crippen molar-refractivity contribution in [2.75, 3.05) is 13.1 Å². The molecule has 18 heavy (non-hydrogen) atoms. The van der Waals surface area contributed by atoms with E-state index in [2.05, 4.69) is 24.1 Å². The van der Waals surface area contributed by atoms with E-state index in [1.54, 1.807) is 0 Å². The summed E-state index contributed by atoms with van der Waals surface area (Å²) in [5.41, 5.74) is 0. The molecule has 2 unspecified atom stereocenters. The molecule has 1 N–H and O–H groups in total. The quantitative estimate of drug-likeness (QED) is 0.777. The molecule has 0 aliphatic heterocycles. The highest BCUT2D eigenvalue weighted by atomic mass is 15.2. The number of nitrogens with zero attached hydrogens (tertiary/aromatic N) is 1. The van der Waals surface area contributed by atoms with Crippen LogP contribution in [0.15, 0.2) is 0 Å². The van der Waals surface area contributed by atoms with Crippen LogP contribution in [-0.2, 0) is 0 Å². The molecule has 2 fully saturated rings. The van der Waals surface area contributed by atoms with Gasteiger partial charge in [0.15, 0.2) is 0 Å². The van der Waals surface area contributed by atoms with E-state index in [1.807, 2.05) is 0 Å². The van der Waals surface area contributed by atoms with Gasteiger partial charge in [-0.1, -0.05) is 39.5 Å². The summed E-state index contributed by atoms with van der Waals surface area (Å²) in [4.78, 5) is 2.86. The smallest absolute Gasteiger partial charge is 0.0252 e. The molecule has 2 aliphatic rings. The molecule has 0 spiro atoms. The van der Waals surface area contributed by atoms with Crippen LogP contribution in [0.4, 0.5) is 0 Å². The fraction of sp³-hybridized carbons (Fsp3) is 1.00. The van der Waals surface area contributed by atoms with Gasteiger partial charge in [-0.2, -0.15) is 0 Å². The summed E-state index contributed by atoms with van der Waals surface area (Å²) in [5, 5.41) is 3.78. The lowest BCUT2D eigenvalue weighted by molar-refractivity contribution is 0.125. The number of hydrogen-bond donors (Lipinski definition) is 1. The first kappa shape index (κ1) is 14.3. The van der Waals surface area contributed by atoms with Gasteiger partial charge in [-0.15, -0.1) is 0 Å².